The molecule has 0 bridgehead atoms. The number of sulfonamides is 1. The molecule has 0 atom stereocenters. The average Bonchev–Trinajstić information content (AvgIpc) is 2.48. The van der Waals surface area contributed by atoms with Gasteiger partial charge in [0, 0.05) is 0 Å². The maximum atomic E-state index is 12.6. The lowest BCUT2D eigenvalue weighted by Gasteiger charge is -2.17. The first-order valence-electron chi connectivity index (χ1n) is 7.59. The molecule has 4 heteroatoms. The van der Waals surface area contributed by atoms with Gasteiger partial charge in [-0.3, -0.25) is 4.72 Å². The van der Waals surface area contributed by atoms with Gasteiger partial charge < -0.3 is 0 Å². The van der Waals surface area contributed by atoms with Crippen LogP contribution in [0.25, 0.3) is 0 Å². The van der Waals surface area contributed by atoms with Crippen LogP contribution in [-0.2, 0) is 22.9 Å². The summed E-state index contributed by atoms with van der Waals surface area (Å²) >= 11 is 0. The van der Waals surface area contributed by atoms with Crippen LogP contribution in [0.4, 0.5) is 5.69 Å². The van der Waals surface area contributed by atoms with Crippen LogP contribution in [-0.4, -0.2) is 8.42 Å². The van der Waals surface area contributed by atoms with Crippen molar-refractivity contribution in [3.05, 3.63) is 58.7 Å². The number of hydrogen-bond donors (Lipinski definition) is 1. The van der Waals surface area contributed by atoms with Gasteiger partial charge in [-0.15, -0.1) is 0 Å². The molecular weight excluding hydrogens is 294 g/mol. The first-order chi connectivity index (χ1) is 10.4. The highest BCUT2D eigenvalue weighted by Gasteiger charge is 2.18. The van der Waals surface area contributed by atoms with E-state index in [4.69, 9.17) is 0 Å². The standard InChI is InChI=1S/C18H23NO2S/c1-5-15-11-14(4)12-16(6-2)18(15)19-22(20,21)17-9-7-13(3)8-10-17/h7-12,19H,5-6H2,1-4H3. The van der Waals surface area contributed by atoms with Crippen LogP contribution in [0, 0.1) is 13.8 Å². The molecule has 0 radical (unpaired) electrons. The van der Waals surface area contributed by atoms with Crippen molar-refractivity contribution in [2.24, 2.45) is 0 Å². The highest BCUT2D eigenvalue weighted by atomic mass is 32.2. The molecule has 0 aliphatic rings. The van der Waals surface area contributed by atoms with Gasteiger partial charge in [0.2, 0.25) is 0 Å². The largest absolute Gasteiger partial charge is 0.279 e. The van der Waals surface area contributed by atoms with Crippen molar-refractivity contribution in [1.82, 2.24) is 0 Å². The molecule has 0 aliphatic heterocycles. The van der Waals surface area contributed by atoms with Crippen molar-refractivity contribution in [2.45, 2.75) is 45.4 Å². The quantitative estimate of drug-likeness (QED) is 0.897. The third kappa shape index (κ3) is 3.50. The summed E-state index contributed by atoms with van der Waals surface area (Å²) < 4.78 is 28.0. The molecule has 22 heavy (non-hydrogen) atoms. The number of anilines is 1. The lowest BCUT2D eigenvalue weighted by molar-refractivity contribution is 0.601. The Hall–Kier alpha value is -1.81. The highest BCUT2D eigenvalue weighted by Crippen LogP contribution is 2.27. The van der Waals surface area contributed by atoms with Crippen LogP contribution >= 0.6 is 0 Å². The van der Waals surface area contributed by atoms with E-state index in [1.807, 2.05) is 52.0 Å². The van der Waals surface area contributed by atoms with Gasteiger partial charge in [-0.2, -0.15) is 0 Å². The minimum atomic E-state index is -3.56. The third-order valence-electron chi connectivity index (χ3n) is 3.78. The molecule has 0 fully saturated rings. The second kappa shape index (κ2) is 6.53. The maximum absolute atomic E-state index is 12.6. The van der Waals surface area contributed by atoms with Crippen molar-refractivity contribution in [2.75, 3.05) is 4.72 Å². The van der Waals surface area contributed by atoms with Gasteiger partial charge in [0.25, 0.3) is 10.0 Å². The van der Waals surface area contributed by atoms with Crippen LogP contribution < -0.4 is 4.72 Å². The zero-order valence-electron chi connectivity index (χ0n) is 13.6. The maximum Gasteiger partial charge on any atom is 0.261 e. The van der Waals surface area contributed by atoms with Gasteiger partial charge in [-0.05, 0) is 49.9 Å². The summed E-state index contributed by atoms with van der Waals surface area (Å²) in [5.74, 6) is 0. The van der Waals surface area contributed by atoms with Crippen LogP contribution in [0.5, 0.6) is 0 Å². The van der Waals surface area contributed by atoms with Gasteiger partial charge in [0.05, 0.1) is 10.6 Å². The smallest absolute Gasteiger partial charge is 0.261 e. The van der Waals surface area contributed by atoms with Crippen molar-refractivity contribution >= 4 is 15.7 Å². The Balaban J connectivity index is 2.47. The Morgan fingerprint density at radius 2 is 1.36 bits per heavy atom. The van der Waals surface area contributed by atoms with Crippen LogP contribution in [0.1, 0.15) is 36.1 Å². The molecule has 1 N–H and O–H groups in total. The van der Waals surface area contributed by atoms with Crippen molar-refractivity contribution in [1.29, 1.82) is 0 Å². The van der Waals surface area contributed by atoms with Gasteiger partial charge >= 0.3 is 0 Å². The second-order valence-corrected chi connectivity index (χ2v) is 7.27. The van der Waals surface area contributed by atoms with Crippen LogP contribution in [0.3, 0.4) is 0 Å². The molecule has 0 unspecified atom stereocenters. The monoisotopic (exact) mass is 317 g/mol. The SMILES string of the molecule is CCc1cc(C)cc(CC)c1NS(=O)(=O)c1ccc(C)cc1. The summed E-state index contributed by atoms with van der Waals surface area (Å²) in [5, 5.41) is 0. The van der Waals surface area contributed by atoms with Gasteiger partial charge in [-0.1, -0.05) is 49.2 Å². The molecule has 2 aromatic carbocycles. The van der Waals surface area contributed by atoms with E-state index in [1.165, 1.54) is 0 Å². The summed E-state index contributed by atoms with van der Waals surface area (Å²) in [7, 11) is -3.56. The van der Waals surface area contributed by atoms with E-state index in [1.54, 1.807) is 12.1 Å². The fourth-order valence-electron chi connectivity index (χ4n) is 2.54. The predicted octanol–water partition coefficient (Wildman–Crippen LogP) is 4.23. The van der Waals surface area contributed by atoms with Gasteiger partial charge in [-0.25, -0.2) is 8.42 Å². The van der Waals surface area contributed by atoms with E-state index in [0.29, 0.717) is 4.90 Å². The Bertz CT molecular complexity index is 737. The lowest BCUT2D eigenvalue weighted by atomic mass is 10.0. The fraction of sp³-hybridized carbons (Fsp3) is 0.333. The molecule has 0 amide bonds. The van der Waals surface area contributed by atoms with E-state index >= 15 is 0 Å². The first-order valence-corrected chi connectivity index (χ1v) is 9.07. The number of benzene rings is 2. The first kappa shape index (κ1) is 16.6. The predicted molar refractivity (Wildman–Crippen MR) is 91.9 cm³/mol. The number of aryl methyl sites for hydroxylation is 4. The molecule has 0 aromatic heterocycles. The number of nitrogens with one attached hydrogen (secondary N) is 1. The summed E-state index contributed by atoms with van der Waals surface area (Å²) in [6, 6.07) is 11.0. The normalized spacial score (nSPS) is 11.5. The summed E-state index contributed by atoms with van der Waals surface area (Å²) in [5.41, 5.74) is 5.00. The Labute approximate surface area is 133 Å². The van der Waals surface area contributed by atoms with Crippen molar-refractivity contribution in [3.8, 4) is 0 Å². The third-order valence-corrected chi connectivity index (χ3v) is 5.14. The van der Waals surface area contributed by atoms with E-state index in [2.05, 4.69) is 4.72 Å². The summed E-state index contributed by atoms with van der Waals surface area (Å²) in [6.07, 6.45) is 1.58. The molecule has 0 saturated heterocycles. The van der Waals surface area contributed by atoms with Gasteiger partial charge in [0.15, 0.2) is 0 Å². The fourth-order valence-corrected chi connectivity index (χ4v) is 3.68. The molecule has 0 saturated carbocycles. The lowest BCUT2D eigenvalue weighted by Crippen LogP contribution is -2.16. The minimum absolute atomic E-state index is 0.294. The Morgan fingerprint density at radius 1 is 0.864 bits per heavy atom. The number of hydrogen-bond acceptors (Lipinski definition) is 2. The molecule has 2 rings (SSSR count). The minimum Gasteiger partial charge on any atom is -0.279 e. The van der Waals surface area contributed by atoms with Crippen molar-refractivity contribution in [3.63, 3.8) is 0 Å². The average molecular weight is 317 g/mol. The van der Waals surface area contributed by atoms with Crippen LogP contribution in [0.15, 0.2) is 41.3 Å². The molecular formula is C18H23NO2S. The zero-order valence-corrected chi connectivity index (χ0v) is 14.4. The molecule has 118 valence electrons. The van der Waals surface area contributed by atoms with E-state index in [-0.39, 0.29) is 0 Å². The topological polar surface area (TPSA) is 46.2 Å². The molecule has 2 aromatic rings. The molecule has 0 spiro atoms. The van der Waals surface area contributed by atoms with E-state index in [0.717, 1.165) is 40.8 Å². The number of rotatable bonds is 5. The highest BCUT2D eigenvalue weighted by molar-refractivity contribution is 7.92. The summed E-state index contributed by atoms with van der Waals surface area (Å²) in [6.45, 7) is 8.06. The molecule has 0 aliphatic carbocycles. The molecule has 3 nitrogen and oxygen atoms in total. The Kier molecular flexibility index (Phi) is 4.91. The van der Waals surface area contributed by atoms with Crippen LogP contribution in [0.2, 0.25) is 0 Å². The Morgan fingerprint density at radius 3 is 1.82 bits per heavy atom. The van der Waals surface area contributed by atoms with E-state index < -0.39 is 10.0 Å². The zero-order chi connectivity index (χ0) is 16.3. The summed E-state index contributed by atoms with van der Waals surface area (Å²) in [4.78, 5) is 0.294. The molecule has 0 heterocycles. The van der Waals surface area contributed by atoms with Crippen molar-refractivity contribution < 1.29 is 8.42 Å². The second-order valence-electron chi connectivity index (χ2n) is 5.58. The van der Waals surface area contributed by atoms with E-state index in [9.17, 15) is 8.42 Å². The van der Waals surface area contributed by atoms with Gasteiger partial charge in [0.1, 0.15) is 0 Å².